The zero-order valence-electron chi connectivity index (χ0n) is 12.4. The van der Waals surface area contributed by atoms with E-state index in [9.17, 15) is 13.2 Å². The lowest BCUT2D eigenvalue weighted by Gasteiger charge is -2.29. The molecule has 2 rings (SSSR count). The van der Waals surface area contributed by atoms with Gasteiger partial charge in [-0.3, -0.25) is 10.1 Å². The van der Waals surface area contributed by atoms with Crippen LogP contribution < -0.4 is 10.6 Å². The maximum Gasteiger partial charge on any atom is 0.252 e. The Morgan fingerprint density at radius 1 is 1.35 bits per heavy atom. The normalized spacial score (nSPS) is 21.8. The lowest BCUT2D eigenvalue weighted by molar-refractivity contribution is 0.0927. The largest absolute Gasteiger partial charge is 0.333 e. The second kappa shape index (κ2) is 7.15. The third kappa shape index (κ3) is 5.50. The van der Waals surface area contributed by atoms with Crippen molar-refractivity contribution in [2.45, 2.75) is 29.3 Å². The van der Waals surface area contributed by atoms with Gasteiger partial charge in [0.05, 0.1) is 11.5 Å². The number of carbonyl (C=O) groups excluding carboxylic acids is 1. The van der Waals surface area contributed by atoms with Crippen LogP contribution in [0.1, 0.15) is 22.3 Å². The number of aryl methyl sites for hydroxylation is 1. The van der Waals surface area contributed by atoms with E-state index in [1.54, 1.807) is 18.2 Å². The Balaban J connectivity index is 2.09. The van der Waals surface area contributed by atoms with Gasteiger partial charge in [0, 0.05) is 11.6 Å². The predicted octanol–water partition coefficient (Wildman–Crippen LogP) is 2.20. The van der Waals surface area contributed by atoms with Gasteiger partial charge in [0.25, 0.3) is 5.91 Å². The zero-order chi connectivity index (χ0) is 17.3. The van der Waals surface area contributed by atoms with Crippen molar-refractivity contribution in [2.24, 2.45) is 0 Å². The van der Waals surface area contributed by atoms with Gasteiger partial charge in [0.2, 0.25) is 3.79 Å². The molecule has 1 aliphatic heterocycles. The van der Waals surface area contributed by atoms with Crippen LogP contribution in [-0.4, -0.2) is 41.8 Å². The molecule has 1 heterocycles. The van der Waals surface area contributed by atoms with Crippen LogP contribution in [0.2, 0.25) is 0 Å². The van der Waals surface area contributed by atoms with E-state index >= 15 is 0 Å². The summed E-state index contributed by atoms with van der Waals surface area (Å²) in [5.41, 5.74) is 1.36. The summed E-state index contributed by atoms with van der Waals surface area (Å²) < 4.78 is 21.2. The van der Waals surface area contributed by atoms with E-state index < -0.39 is 25.7 Å². The van der Waals surface area contributed by atoms with Crippen LogP contribution in [0.25, 0.3) is 0 Å². The third-order valence-corrected chi connectivity index (χ3v) is 5.94. The minimum Gasteiger partial charge on any atom is -0.333 e. The molecule has 9 heteroatoms. The predicted molar refractivity (Wildman–Crippen MR) is 92.9 cm³/mol. The summed E-state index contributed by atoms with van der Waals surface area (Å²) in [6.45, 7) is 1.87. The SMILES string of the molecule is Cc1cccc(C(=O)N[C@@H](N[C@H]2CCS(=O)(=O)C2)C(Cl)(Cl)Cl)c1. The van der Waals surface area contributed by atoms with Crippen molar-refractivity contribution in [3.05, 3.63) is 35.4 Å². The third-order valence-electron chi connectivity index (χ3n) is 3.52. The Hall–Kier alpha value is -0.530. The highest BCUT2D eigenvalue weighted by molar-refractivity contribution is 7.91. The molecule has 0 spiro atoms. The van der Waals surface area contributed by atoms with E-state index in [1.807, 2.05) is 13.0 Å². The number of rotatable bonds is 4. The quantitative estimate of drug-likeness (QED) is 0.601. The molecule has 2 atom stereocenters. The molecule has 5 nitrogen and oxygen atoms in total. The van der Waals surface area contributed by atoms with Gasteiger partial charge in [-0.25, -0.2) is 8.42 Å². The number of benzene rings is 1. The number of carbonyl (C=O) groups is 1. The molecule has 1 saturated heterocycles. The summed E-state index contributed by atoms with van der Waals surface area (Å²) in [5, 5.41) is 5.53. The van der Waals surface area contributed by atoms with Crippen LogP contribution in [0.3, 0.4) is 0 Å². The Bertz CT molecular complexity index is 689. The number of sulfone groups is 1. The maximum absolute atomic E-state index is 12.3. The van der Waals surface area contributed by atoms with E-state index in [0.29, 0.717) is 12.0 Å². The second-order valence-electron chi connectivity index (χ2n) is 5.58. The molecule has 0 aromatic heterocycles. The molecule has 0 bridgehead atoms. The van der Waals surface area contributed by atoms with E-state index in [2.05, 4.69) is 10.6 Å². The monoisotopic (exact) mass is 398 g/mol. The number of amides is 1. The Labute approximate surface area is 150 Å². The van der Waals surface area contributed by atoms with Gasteiger partial charge in [-0.05, 0) is 25.5 Å². The van der Waals surface area contributed by atoms with E-state index in [1.165, 1.54) is 0 Å². The Kier molecular flexibility index (Phi) is 5.85. The zero-order valence-corrected chi connectivity index (χ0v) is 15.4. The molecule has 0 radical (unpaired) electrons. The van der Waals surface area contributed by atoms with Crippen LogP contribution in [0.15, 0.2) is 24.3 Å². The van der Waals surface area contributed by atoms with E-state index in [-0.39, 0.29) is 17.5 Å². The van der Waals surface area contributed by atoms with Crippen LogP contribution in [0.5, 0.6) is 0 Å². The molecule has 0 aliphatic carbocycles. The number of hydrogen-bond donors (Lipinski definition) is 2. The van der Waals surface area contributed by atoms with E-state index in [4.69, 9.17) is 34.8 Å². The van der Waals surface area contributed by atoms with Crippen molar-refractivity contribution in [3.8, 4) is 0 Å². The first-order valence-electron chi connectivity index (χ1n) is 6.97. The van der Waals surface area contributed by atoms with Gasteiger partial charge >= 0.3 is 0 Å². The molecule has 0 unspecified atom stereocenters. The fourth-order valence-corrected chi connectivity index (χ4v) is 4.42. The molecule has 0 saturated carbocycles. The van der Waals surface area contributed by atoms with Crippen LogP contribution in [0.4, 0.5) is 0 Å². The minimum atomic E-state index is -3.08. The van der Waals surface area contributed by atoms with Gasteiger partial charge in [-0.15, -0.1) is 0 Å². The highest BCUT2D eigenvalue weighted by Crippen LogP contribution is 2.30. The summed E-state index contributed by atoms with van der Waals surface area (Å²) in [4.78, 5) is 12.3. The molecule has 1 aromatic carbocycles. The Morgan fingerprint density at radius 3 is 2.57 bits per heavy atom. The summed E-state index contributed by atoms with van der Waals surface area (Å²) in [5.74, 6) is -0.355. The summed E-state index contributed by atoms with van der Waals surface area (Å²) in [6, 6.07) is 6.62. The fourth-order valence-electron chi connectivity index (χ4n) is 2.38. The van der Waals surface area contributed by atoms with Gasteiger partial charge in [0.15, 0.2) is 9.84 Å². The standard InChI is InChI=1S/C14H17Cl3N2O3S/c1-9-3-2-4-10(7-9)12(20)19-13(14(15,16)17)18-11-5-6-23(21,22)8-11/h2-4,7,11,13,18H,5-6,8H2,1H3,(H,19,20)/t11-,13+/m0/s1. The number of halogens is 3. The van der Waals surface area contributed by atoms with Crippen molar-refractivity contribution in [2.75, 3.05) is 11.5 Å². The topological polar surface area (TPSA) is 75.3 Å². The molecule has 23 heavy (non-hydrogen) atoms. The minimum absolute atomic E-state index is 0.0371. The van der Waals surface area contributed by atoms with Crippen molar-refractivity contribution in [1.29, 1.82) is 0 Å². The molecule has 1 fully saturated rings. The first-order chi connectivity index (χ1) is 10.6. The average Bonchev–Trinajstić information content (AvgIpc) is 2.76. The highest BCUT2D eigenvalue weighted by atomic mass is 35.6. The summed E-state index contributed by atoms with van der Waals surface area (Å²) in [6.07, 6.45) is -0.585. The smallest absolute Gasteiger partial charge is 0.252 e. The molecule has 2 N–H and O–H groups in total. The maximum atomic E-state index is 12.3. The van der Waals surface area contributed by atoms with Crippen LogP contribution in [0, 0.1) is 6.92 Å². The summed E-state index contributed by atoms with van der Waals surface area (Å²) in [7, 11) is -3.08. The lowest BCUT2D eigenvalue weighted by Crippen LogP contribution is -2.56. The fraction of sp³-hybridized carbons (Fsp3) is 0.500. The Morgan fingerprint density at radius 2 is 2.04 bits per heavy atom. The van der Waals surface area contributed by atoms with Gasteiger partial charge in [-0.2, -0.15) is 0 Å². The van der Waals surface area contributed by atoms with Crippen molar-refractivity contribution in [1.82, 2.24) is 10.6 Å². The van der Waals surface area contributed by atoms with Crippen LogP contribution in [-0.2, 0) is 9.84 Å². The first kappa shape index (κ1) is 18.8. The van der Waals surface area contributed by atoms with Gasteiger partial charge in [-0.1, -0.05) is 52.5 Å². The van der Waals surface area contributed by atoms with Crippen LogP contribution >= 0.6 is 34.8 Å². The lowest BCUT2D eigenvalue weighted by atomic mass is 10.1. The first-order valence-corrected chi connectivity index (χ1v) is 9.93. The van der Waals surface area contributed by atoms with Crippen molar-refractivity contribution < 1.29 is 13.2 Å². The molecular weight excluding hydrogens is 383 g/mol. The number of hydrogen-bond acceptors (Lipinski definition) is 4. The number of alkyl halides is 3. The van der Waals surface area contributed by atoms with Crippen molar-refractivity contribution >= 4 is 50.5 Å². The average molecular weight is 400 g/mol. The second-order valence-corrected chi connectivity index (χ2v) is 10.2. The van der Waals surface area contributed by atoms with E-state index in [0.717, 1.165) is 5.56 Å². The summed E-state index contributed by atoms with van der Waals surface area (Å²) >= 11 is 17.7. The molecule has 128 valence electrons. The van der Waals surface area contributed by atoms with Crippen molar-refractivity contribution in [3.63, 3.8) is 0 Å². The van der Waals surface area contributed by atoms with Gasteiger partial charge in [0.1, 0.15) is 6.17 Å². The molecule has 1 amide bonds. The highest BCUT2D eigenvalue weighted by Gasteiger charge is 2.38. The number of nitrogens with one attached hydrogen (secondary N) is 2. The molecule has 1 aliphatic rings. The van der Waals surface area contributed by atoms with Gasteiger partial charge < -0.3 is 5.32 Å². The molecular formula is C14H17Cl3N2O3S. The molecule has 1 aromatic rings.